The van der Waals surface area contributed by atoms with Gasteiger partial charge in [0.2, 0.25) is 5.82 Å². The van der Waals surface area contributed by atoms with Crippen LogP contribution in [-0.4, -0.2) is 86.2 Å². The largest absolute Gasteiger partial charge is 0.494 e. The third-order valence-electron chi connectivity index (χ3n) is 13.2. The van der Waals surface area contributed by atoms with Gasteiger partial charge in [0.1, 0.15) is 5.75 Å². The minimum Gasteiger partial charge on any atom is -0.494 e. The molecule has 0 aliphatic heterocycles. The van der Waals surface area contributed by atoms with Crippen LogP contribution in [-0.2, 0) is 9.47 Å². The smallest absolute Gasteiger partial charge is 0.201 e. The highest BCUT2D eigenvalue weighted by Crippen LogP contribution is 2.42. The van der Waals surface area contributed by atoms with Gasteiger partial charge in [0, 0.05) is 48.4 Å². The number of halogens is 2. The van der Waals surface area contributed by atoms with Crippen LogP contribution in [0.1, 0.15) is 116 Å². The van der Waals surface area contributed by atoms with Gasteiger partial charge in [0.15, 0.2) is 17.4 Å². The monoisotopic (exact) mass is 925 g/mol. The number of hydrogen-bond donors (Lipinski definition) is 0. The fourth-order valence-corrected chi connectivity index (χ4v) is 14.1. The van der Waals surface area contributed by atoms with Crippen LogP contribution >= 0.6 is 0 Å². The molecule has 3 aromatic rings. The molecule has 0 saturated heterocycles. The van der Waals surface area contributed by atoms with E-state index in [1.165, 1.54) is 63.5 Å². The van der Waals surface area contributed by atoms with E-state index in [1.54, 1.807) is 12.1 Å². The van der Waals surface area contributed by atoms with Crippen molar-refractivity contribution >= 4 is 43.7 Å². The molecule has 62 heavy (non-hydrogen) atoms. The van der Waals surface area contributed by atoms with E-state index in [2.05, 4.69) is 50.7 Å². The Bertz CT molecular complexity index is 1680. The van der Waals surface area contributed by atoms with Crippen LogP contribution in [0.5, 0.6) is 11.5 Å². The van der Waals surface area contributed by atoms with Crippen LogP contribution in [0.4, 0.5) is 8.78 Å². The molecule has 1 fully saturated rings. The predicted molar refractivity (Wildman–Crippen MR) is 269 cm³/mol. The normalized spacial score (nSPS) is 19.4. The van der Waals surface area contributed by atoms with Crippen LogP contribution < -0.4 is 9.47 Å². The molecule has 2 aliphatic carbocycles. The van der Waals surface area contributed by atoms with Crippen molar-refractivity contribution in [1.29, 1.82) is 0 Å². The fourth-order valence-electron chi connectivity index (χ4n) is 8.42. The summed E-state index contributed by atoms with van der Waals surface area (Å²) in [6.07, 6.45) is 23.3. The molecule has 12 heteroatoms. The second kappa shape index (κ2) is 30.6. The third kappa shape index (κ3) is 19.7. The average molecular weight is 926 g/mol. The van der Waals surface area contributed by atoms with E-state index in [0.29, 0.717) is 18.1 Å². The number of aromatic nitrogens is 2. The van der Waals surface area contributed by atoms with Crippen molar-refractivity contribution in [3.63, 3.8) is 0 Å². The highest BCUT2D eigenvalue weighted by Gasteiger charge is 2.28. The van der Waals surface area contributed by atoms with Crippen molar-refractivity contribution in [3.05, 3.63) is 77.6 Å². The zero-order valence-corrected chi connectivity index (χ0v) is 45.2. The average Bonchev–Trinajstić information content (AvgIpc) is 3.30. The van der Waals surface area contributed by atoms with E-state index in [1.807, 2.05) is 43.6 Å². The van der Waals surface area contributed by atoms with Gasteiger partial charge < -0.3 is 18.9 Å². The van der Waals surface area contributed by atoms with E-state index in [0.717, 1.165) is 115 Å². The molecule has 1 saturated carbocycles. The molecular formula is C50H82F2N2O4Si4. The first-order chi connectivity index (χ1) is 30.2. The molecule has 0 N–H and O–H groups in total. The first-order valence-corrected chi connectivity index (χ1v) is 32.7. The number of rotatable bonds is 27. The van der Waals surface area contributed by atoms with E-state index in [-0.39, 0.29) is 43.8 Å². The molecule has 5 rings (SSSR count). The summed E-state index contributed by atoms with van der Waals surface area (Å²) >= 11 is 0. The second-order valence-electron chi connectivity index (χ2n) is 18.5. The molecule has 3 unspecified atom stereocenters. The number of ether oxygens (including phenoxy) is 4. The molecule has 6 nitrogen and oxygen atoms in total. The van der Waals surface area contributed by atoms with Gasteiger partial charge in [-0.3, -0.25) is 0 Å². The van der Waals surface area contributed by atoms with Gasteiger partial charge in [-0.15, -0.1) is 0 Å². The van der Waals surface area contributed by atoms with Gasteiger partial charge in [0.25, 0.3) is 0 Å². The zero-order chi connectivity index (χ0) is 44.4. The second-order valence-corrected chi connectivity index (χ2v) is 25.6. The summed E-state index contributed by atoms with van der Waals surface area (Å²) in [6.45, 7) is 14.8. The van der Waals surface area contributed by atoms with Crippen molar-refractivity contribution in [2.45, 2.75) is 136 Å². The van der Waals surface area contributed by atoms with Crippen molar-refractivity contribution < 1.29 is 27.7 Å². The van der Waals surface area contributed by atoms with E-state index in [4.69, 9.17) is 18.9 Å². The first-order valence-electron chi connectivity index (χ1n) is 24.7. The Kier molecular flexibility index (Phi) is 25.7. The van der Waals surface area contributed by atoms with Crippen LogP contribution in [0.3, 0.4) is 0 Å². The molecule has 3 atom stereocenters. The molecule has 0 amide bonds. The van der Waals surface area contributed by atoms with E-state index in [9.17, 15) is 8.78 Å². The summed E-state index contributed by atoms with van der Waals surface area (Å²) < 4.78 is 52.7. The lowest BCUT2D eigenvalue weighted by atomic mass is 9.71. The molecule has 1 aromatic heterocycles. The van der Waals surface area contributed by atoms with Gasteiger partial charge in [-0.05, 0) is 128 Å². The van der Waals surface area contributed by atoms with Crippen molar-refractivity contribution in [2.24, 2.45) is 29.6 Å². The van der Waals surface area contributed by atoms with Gasteiger partial charge in [-0.1, -0.05) is 91.3 Å². The highest BCUT2D eigenvalue weighted by molar-refractivity contribution is 6.37. The fraction of sp³-hybridized carbons (Fsp3) is 0.640. The molecule has 346 valence electrons. The minimum absolute atomic E-state index is 0.00157. The van der Waals surface area contributed by atoms with Gasteiger partial charge in [-0.2, -0.15) is 4.39 Å². The Balaban J connectivity index is 0.000000287. The number of nitrogens with zero attached hydrogens (tertiary/aromatic N) is 2. The summed E-state index contributed by atoms with van der Waals surface area (Å²) in [5.41, 5.74) is 3.47. The van der Waals surface area contributed by atoms with Crippen LogP contribution in [0.2, 0.25) is 24.2 Å². The van der Waals surface area contributed by atoms with Gasteiger partial charge in [0.05, 0.1) is 51.3 Å². The summed E-state index contributed by atoms with van der Waals surface area (Å²) in [5.74, 6) is 4.26. The topological polar surface area (TPSA) is 62.7 Å². The first kappa shape index (κ1) is 52.1. The molecule has 2 aromatic carbocycles. The highest BCUT2D eigenvalue weighted by atomic mass is 28.2. The standard InChI is InChI=1S/C30H50F2O2Si2.C20H32N2O2Si2/c1-4-22(2)6-5-18-35-20-33-21-36-19-17-34-28-16-15-27(29(31)30(28)32)26-13-11-25(12-14-26)24-9-7-23(3)8-10-24;1-4-16(2)13-26-15-23-14-25-10-9-24-19-7-5-18(6-8-19)20-21-11-17(3)12-22-20/h13,15-16,22-25H,4-12,14,17-21,35-36H2,1-3H3;5-8,11-12,16H,4,9-10,13-15,25-26H2,1-3H3. The maximum absolute atomic E-state index is 14.9. The third-order valence-corrected chi connectivity index (χ3v) is 19.5. The number of benzene rings is 2. The lowest BCUT2D eigenvalue weighted by molar-refractivity contribution is 0.202. The Morgan fingerprint density at radius 1 is 0.710 bits per heavy atom. The summed E-state index contributed by atoms with van der Waals surface area (Å²) in [6, 6.07) is 16.2. The van der Waals surface area contributed by atoms with E-state index < -0.39 is 11.6 Å². The zero-order valence-electron chi connectivity index (χ0n) is 39.5. The lowest BCUT2D eigenvalue weighted by Crippen LogP contribution is -2.22. The Hall–Kier alpha value is -2.49. The van der Waals surface area contributed by atoms with Crippen LogP contribution in [0, 0.1) is 48.1 Å². The summed E-state index contributed by atoms with van der Waals surface area (Å²) in [7, 11) is -0.609. The minimum atomic E-state index is -0.835. The lowest BCUT2D eigenvalue weighted by Gasteiger charge is -2.34. The van der Waals surface area contributed by atoms with Crippen molar-refractivity contribution in [3.8, 4) is 22.9 Å². The summed E-state index contributed by atoms with van der Waals surface area (Å²) in [5, 5.41) is 0. The molecule has 2 aliphatic rings. The van der Waals surface area contributed by atoms with Crippen molar-refractivity contribution in [1.82, 2.24) is 9.97 Å². The molecule has 0 bridgehead atoms. The molecule has 0 spiro atoms. The predicted octanol–water partition coefficient (Wildman–Crippen LogP) is 10.3. The Morgan fingerprint density at radius 2 is 1.34 bits per heavy atom. The Labute approximate surface area is 384 Å². The number of allylic oxidation sites excluding steroid dienone is 2. The SMILES string of the molecule is CCC(C)CCC[SiH2]COC[SiH2]CCOc1ccc(C2=CCC(C3CCC(C)CC3)CC2)c(F)c1F.CCC(C)C[SiH2]COC[SiH2]CCOc1ccc(-c2ncc(C)cn2)cc1. The molecular weight excluding hydrogens is 843 g/mol. The van der Waals surface area contributed by atoms with E-state index >= 15 is 0 Å². The maximum Gasteiger partial charge on any atom is 0.201 e. The maximum atomic E-state index is 14.9. The van der Waals surface area contributed by atoms with Crippen molar-refractivity contribution in [2.75, 3.05) is 38.1 Å². The molecule has 0 radical (unpaired) electrons. The number of aryl methyl sites for hydroxylation is 1. The van der Waals surface area contributed by atoms with Crippen LogP contribution in [0.15, 0.2) is 54.9 Å². The Morgan fingerprint density at radius 3 is 1.97 bits per heavy atom. The van der Waals surface area contributed by atoms with Gasteiger partial charge in [-0.25, -0.2) is 14.4 Å². The van der Waals surface area contributed by atoms with Crippen LogP contribution in [0.25, 0.3) is 17.0 Å². The quantitative estimate of drug-likeness (QED) is 0.0561. The summed E-state index contributed by atoms with van der Waals surface area (Å²) in [4.78, 5) is 8.70. The van der Waals surface area contributed by atoms with Gasteiger partial charge >= 0.3 is 0 Å². The molecule has 1 heterocycles. The number of hydrogen-bond acceptors (Lipinski definition) is 6.